The molecule has 24 heavy (non-hydrogen) atoms. The number of likely N-dealkylation sites (N-methyl/N-ethyl adjacent to an activating group) is 2. The molecule has 2 aromatic rings. The maximum Gasteiger partial charge on any atom is 0.151 e. The van der Waals surface area contributed by atoms with Gasteiger partial charge in [0.05, 0.1) is 5.69 Å². The Morgan fingerprint density at radius 2 is 2.08 bits per heavy atom. The minimum Gasteiger partial charge on any atom is -0.507 e. The third-order valence-corrected chi connectivity index (χ3v) is 4.69. The molecule has 1 N–H and O–H groups in total. The predicted molar refractivity (Wildman–Crippen MR) is 92.7 cm³/mol. The fourth-order valence-electron chi connectivity index (χ4n) is 3.35. The summed E-state index contributed by atoms with van der Waals surface area (Å²) in [6.45, 7) is 3.90. The fourth-order valence-corrected chi connectivity index (χ4v) is 3.35. The van der Waals surface area contributed by atoms with Crippen molar-refractivity contribution >= 4 is 5.82 Å². The van der Waals surface area contributed by atoms with Crippen LogP contribution in [0.15, 0.2) is 24.3 Å². The maximum atomic E-state index is 13.3. The number of aromatic nitrogens is 2. The van der Waals surface area contributed by atoms with Crippen LogP contribution in [-0.4, -0.2) is 53.4 Å². The zero-order valence-corrected chi connectivity index (χ0v) is 14.3. The number of piperidine rings is 1. The number of halogens is 1. The van der Waals surface area contributed by atoms with Gasteiger partial charge >= 0.3 is 0 Å². The molecule has 0 radical (unpaired) electrons. The van der Waals surface area contributed by atoms with Gasteiger partial charge in [0.15, 0.2) is 5.82 Å². The Hall–Kier alpha value is -2.21. The summed E-state index contributed by atoms with van der Waals surface area (Å²) in [5, 5.41) is 18.6. The van der Waals surface area contributed by atoms with E-state index < -0.39 is 5.82 Å². The summed E-state index contributed by atoms with van der Waals surface area (Å²) < 4.78 is 13.3. The van der Waals surface area contributed by atoms with Crippen molar-refractivity contribution in [3.63, 3.8) is 0 Å². The van der Waals surface area contributed by atoms with E-state index in [1.807, 2.05) is 19.2 Å². The van der Waals surface area contributed by atoms with E-state index in [9.17, 15) is 9.50 Å². The largest absolute Gasteiger partial charge is 0.507 e. The van der Waals surface area contributed by atoms with Crippen molar-refractivity contribution in [2.45, 2.75) is 25.8 Å². The molecule has 1 fully saturated rings. The molecule has 2 heterocycles. The van der Waals surface area contributed by atoms with Crippen molar-refractivity contribution in [2.75, 3.05) is 32.1 Å². The van der Waals surface area contributed by atoms with Gasteiger partial charge in [-0.1, -0.05) is 0 Å². The third kappa shape index (κ3) is 3.33. The molecule has 1 aliphatic heterocycles. The van der Waals surface area contributed by atoms with E-state index in [0.717, 1.165) is 31.4 Å². The highest BCUT2D eigenvalue weighted by atomic mass is 19.1. The monoisotopic (exact) mass is 330 g/mol. The SMILES string of the molecule is Cc1cc(F)cc(O)c1-c1ccc(N(C)[C@@H]2CCCN(C)C2)nn1. The summed E-state index contributed by atoms with van der Waals surface area (Å²) >= 11 is 0. The van der Waals surface area contributed by atoms with Gasteiger partial charge in [0.1, 0.15) is 11.6 Å². The lowest BCUT2D eigenvalue weighted by Gasteiger charge is -2.36. The standard InChI is InChI=1S/C18H23FN4O/c1-12-9-13(19)10-16(24)18(12)15-6-7-17(21-20-15)23(3)14-5-4-8-22(2)11-14/h6-7,9-10,14,24H,4-5,8,11H2,1-3H3/t14-/m1/s1. The van der Waals surface area contributed by atoms with Crippen molar-refractivity contribution in [1.29, 1.82) is 0 Å². The molecule has 6 heteroatoms. The van der Waals surface area contributed by atoms with Gasteiger partial charge in [-0.25, -0.2) is 4.39 Å². The molecule has 1 aliphatic rings. The molecule has 3 rings (SSSR count). The summed E-state index contributed by atoms with van der Waals surface area (Å²) in [4.78, 5) is 4.48. The molecule has 0 amide bonds. The van der Waals surface area contributed by atoms with Gasteiger partial charge in [0, 0.05) is 31.3 Å². The number of likely N-dealkylation sites (tertiary alicyclic amines) is 1. The molecule has 0 saturated carbocycles. The first-order valence-corrected chi connectivity index (χ1v) is 8.20. The fraction of sp³-hybridized carbons (Fsp3) is 0.444. The quantitative estimate of drug-likeness (QED) is 0.938. The first-order valence-electron chi connectivity index (χ1n) is 8.20. The molecule has 0 spiro atoms. The molecule has 1 aromatic heterocycles. The molecule has 1 atom stereocenters. The topological polar surface area (TPSA) is 52.5 Å². The number of aromatic hydroxyl groups is 1. The van der Waals surface area contributed by atoms with Crippen LogP contribution in [0, 0.1) is 12.7 Å². The summed E-state index contributed by atoms with van der Waals surface area (Å²) in [6, 6.07) is 6.63. The van der Waals surface area contributed by atoms with Gasteiger partial charge in [0.2, 0.25) is 0 Å². The highest BCUT2D eigenvalue weighted by molar-refractivity contribution is 5.70. The van der Waals surface area contributed by atoms with E-state index in [1.165, 1.54) is 12.5 Å². The molecule has 1 saturated heterocycles. The van der Waals surface area contributed by atoms with Crippen LogP contribution in [0.4, 0.5) is 10.2 Å². The molecule has 0 bridgehead atoms. The van der Waals surface area contributed by atoms with Crippen molar-refractivity contribution in [3.8, 4) is 17.0 Å². The van der Waals surface area contributed by atoms with Crippen LogP contribution in [0.25, 0.3) is 11.3 Å². The molecule has 0 aliphatic carbocycles. The Balaban J connectivity index is 1.83. The second-order valence-corrected chi connectivity index (χ2v) is 6.56. The van der Waals surface area contributed by atoms with Crippen LogP contribution in [0.5, 0.6) is 5.75 Å². The van der Waals surface area contributed by atoms with E-state index in [4.69, 9.17) is 0 Å². The summed E-state index contributed by atoms with van der Waals surface area (Å²) in [5.41, 5.74) is 1.70. The molecule has 128 valence electrons. The lowest BCUT2D eigenvalue weighted by Crippen LogP contribution is -2.45. The number of anilines is 1. The number of rotatable bonds is 3. The van der Waals surface area contributed by atoms with Crippen LogP contribution in [0.2, 0.25) is 0 Å². The highest BCUT2D eigenvalue weighted by Gasteiger charge is 2.22. The first kappa shape index (κ1) is 16.6. The Morgan fingerprint density at radius 3 is 2.71 bits per heavy atom. The van der Waals surface area contributed by atoms with Gasteiger partial charge in [-0.15, -0.1) is 10.2 Å². The zero-order chi connectivity index (χ0) is 17.3. The Labute approximate surface area is 141 Å². The van der Waals surface area contributed by atoms with Gasteiger partial charge in [-0.3, -0.25) is 0 Å². The van der Waals surface area contributed by atoms with E-state index in [-0.39, 0.29) is 5.75 Å². The predicted octanol–water partition coefficient (Wildman–Crippen LogP) is 2.83. The lowest BCUT2D eigenvalue weighted by atomic mass is 10.0. The molecule has 1 aromatic carbocycles. The minimum absolute atomic E-state index is 0.114. The Bertz CT molecular complexity index is 696. The third-order valence-electron chi connectivity index (χ3n) is 4.69. The van der Waals surface area contributed by atoms with Gasteiger partial charge < -0.3 is 14.9 Å². The summed E-state index contributed by atoms with van der Waals surface area (Å²) in [5.74, 6) is 0.231. The van der Waals surface area contributed by atoms with Crippen LogP contribution in [0.1, 0.15) is 18.4 Å². The number of phenols is 1. The molecule has 0 unspecified atom stereocenters. The average molecular weight is 330 g/mol. The summed E-state index contributed by atoms with van der Waals surface area (Å²) in [7, 11) is 4.17. The number of hydrogen-bond donors (Lipinski definition) is 1. The van der Waals surface area contributed by atoms with E-state index in [2.05, 4.69) is 27.0 Å². The molecule has 5 nitrogen and oxygen atoms in total. The smallest absolute Gasteiger partial charge is 0.151 e. The van der Waals surface area contributed by atoms with E-state index >= 15 is 0 Å². The molecular formula is C18H23FN4O. The van der Waals surface area contributed by atoms with Crippen molar-refractivity contribution in [2.24, 2.45) is 0 Å². The van der Waals surface area contributed by atoms with Gasteiger partial charge in [-0.2, -0.15) is 0 Å². The normalized spacial score (nSPS) is 18.6. The second kappa shape index (κ2) is 6.73. The van der Waals surface area contributed by atoms with Crippen molar-refractivity contribution < 1.29 is 9.50 Å². The molecular weight excluding hydrogens is 307 g/mol. The lowest BCUT2D eigenvalue weighted by molar-refractivity contribution is 0.247. The van der Waals surface area contributed by atoms with Crippen LogP contribution < -0.4 is 4.90 Å². The van der Waals surface area contributed by atoms with Crippen molar-refractivity contribution in [3.05, 3.63) is 35.6 Å². The van der Waals surface area contributed by atoms with E-state index in [0.29, 0.717) is 22.9 Å². The first-order chi connectivity index (χ1) is 11.5. The minimum atomic E-state index is -0.459. The van der Waals surface area contributed by atoms with Gasteiger partial charge in [-0.05, 0) is 57.1 Å². The van der Waals surface area contributed by atoms with Crippen molar-refractivity contribution in [1.82, 2.24) is 15.1 Å². The Morgan fingerprint density at radius 1 is 1.29 bits per heavy atom. The van der Waals surface area contributed by atoms with Crippen LogP contribution in [0.3, 0.4) is 0 Å². The van der Waals surface area contributed by atoms with Crippen LogP contribution >= 0.6 is 0 Å². The van der Waals surface area contributed by atoms with Gasteiger partial charge in [0.25, 0.3) is 0 Å². The second-order valence-electron chi connectivity index (χ2n) is 6.56. The number of aryl methyl sites for hydroxylation is 1. The number of benzene rings is 1. The summed E-state index contributed by atoms with van der Waals surface area (Å²) in [6.07, 6.45) is 2.32. The highest BCUT2D eigenvalue weighted by Crippen LogP contribution is 2.32. The zero-order valence-electron chi connectivity index (χ0n) is 14.3. The maximum absolute atomic E-state index is 13.3. The number of hydrogen-bond acceptors (Lipinski definition) is 5. The number of phenolic OH excluding ortho intramolecular Hbond substituents is 1. The van der Waals surface area contributed by atoms with E-state index in [1.54, 1.807) is 6.92 Å². The van der Waals surface area contributed by atoms with Crippen LogP contribution in [-0.2, 0) is 0 Å². The average Bonchev–Trinajstić information content (AvgIpc) is 2.54. The Kier molecular flexibility index (Phi) is 4.66. The number of nitrogens with zero attached hydrogens (tertiary/aromatic N) is 4.